The summed E-state index contributed by atoms with van der Waals surface area (Å²) in [4.78, 5) is 15.0. The van der Waals surface area contributed by atoms with Crippen LogP contribution in [0.15, 0.2) is 107 Å². The minimum absolute atomic E-state index is 0.0216. The van der Waals surface area contributed by atoms with Gasteiger partial charge in [-0.05, 0) is 99.4 Å². The van der Waals surface area contributed by atoms with Crippen molar-refractivity contribution in [2.75, 3.05) is 33.5 Å². The average Bonchev–Trinajstić information content (AvgIpc) is 3.25. The molecule has 3 heterocycles. The van der Waals surface area contributed by atoms with Crippen LogP contribution < -0.4 is 9.47 Å². The first-order valence-electron chi connectivity index (χ1n) is 20.7. The van der Waals surface area contributed by atoms with E-state index in [0.29, 0.717) is 47.6 Å². The Hall–Kier alpha value is -4.66. The number of allylic oxidation sites excluding steroid dienone is 1. The zero-order chi connectivity index (χ0) is 41.6. The van der Waals surface area contributed by atoms with Crippen molar-refractivity contribution >= 4 is 26.6 Å². The van der Waals surface area contributed by atoms with Gasteiger partial charge in [0.05, 0.1) is 35.5 Å². The number of para-hydroxylation sites is 1. The van der Waals surface area contributed by atoms with Crippen LogP contribution >= 0.6 is 0 Å². The average molecular weight is 825 g/mol. The quantitative estimate of drug-likeness (QED) is 0.0553. The van der Waals surface area contributed by atoms with Crippen LogP contribution in [0.5, 0.6) is 11.5 Å². The molecule has 13 heteroatoms. The van der Waals surface area contributed by atoms with Gasteiger partial charge in [-0.15, -0.1) is 6.58 Å². The highest BCUT2D eigenvalue weighted by Crippen LogP contribution is 2.62. The summed E-state index contributed by atoms with van der Waals surface area (Å²) in [6.07, 6.45) is 10.2. The van der Waals surface area contributed by atoms with Gasteiger partial charge in [-0.2, -0.15) is 4.31 Å². The largest absolute Gasteiger partial charge is 0.487 e. The van der Waals surface area contributed by atoms with Crippen LogP contribution in [-0.2, 0) is 26.2 Å². The minimum atomic E-state index is -4.23. The highest BCUT2D eigenvalue weighted by Gasteiger charge is 2.65. The van der Waals surface area contributed by atoms with Crippen molar-refractivity contribution in [3.05, 3.63) is 114 Å². The second-order valence-electron chi connectivity index (χ2n) is 15.6. The van der Waals surface area contributed by atoms with E-state index in [2.05, 4.69) is 22.6 Å². The molecule has 0 bridgehead atoms. The SMILES string of the molecule is C=CCOC12Oc3ccc(OCc4cccc(C)n4)cc3C3C(CCCCO)C(CCCCO)C=C(C(=NOCC)CC1N(C)S(=O)(=O)c1cccc4cccnc14)C32. The van der Waals surface area contributed by atoms with Crippen LogP contribution in [0, 0.1) is 24.7 Å². The molecule has 2 aromatic heterocycles. The number of likely N-dealkylation sites (N-methyl/N-ethyl adjacent to an activating group) is 1. The normalized spacial score (nSPS) is 24.3. The highest BCUT2D eigenvalue weighted by atomic mass is 32.2. The molecule has 1 aliphatic heterocycles. The molecule has 6 unspecified atom stereocenters. The Bertz CT molecular complexity index is 2280. The standard InChI is InChI=1S/C46H56N4O8S/c1-5-26-56-46-42(50(4)59(53,54)41-20-12-16-32-17-13-23-47-45(32)41)29-39(49-57-6-2)37-27-33(15-7-9-24-51)36(19-8-10-25-52)43(44(37)46)38-28-35(21-22-40(38)58-46)55-30-34-18-11-14-31(3)48-34/h5,11-14,16-18,20-23,27-28,33,36,42-44,51-52H,1,6-10,15,19,24-26,29-30H2,2-4H3. The fraction of sp³-hybridized carbons (Fsp3) is 0.457. The molecular formula is C46H56N4O8S. The third-order valence-electron chi connectivity index (χ3n) is 12.0. The van der Waals surface area contributed by atoms with Crippen LogP contribution in [-0.4, -0.2) is 83.9 Å². The van der Waals surface area contributed by atoms with Crippen molar-refractivity contribution in [3.63, 3.8) is 0 Å². The fourth-order valence-corrected chi connectivity index (χ4v) is 10.9. The predicted molar refractivity (Wildman–Crippen MR) is 227 cm³/mol. The summed E-state index contributed by atoms with van der Waals surface area (Å²) in [5.74, 6) is -1.03. The number of aryl methyl sites for hydroxylation is 1. The second-order valence-corrected chi connectivity index (χ2v) is 17.6. The maximum atomic E-state index is 15.0. The lowest BCUT2D eigenvalue weighted by atomic mass is 9.55. The maximum Gasteiger partial charge on any atom is 0.245 e. The molecule has 1 fully saturated rings. The first-order valence-corrected chi connectivity index (χ1v) is 22.2. The first kappa shape index (κ1) is 42.5. The van der Waals surface area contributed by atoms with Gasteiger partial charge in [0.15, 0.2) is 0 Å². The van der Waals surface area contributed by atoms with E-state index in [1.165, 1.54) is 4.31 Å². The van der Waals surface area contributed by atoms with Gasteiger partial charge in [-0.25, -0.2) is 8.42 Å². The number of aliphatic hydroxyl groups is 2. The first-order chi connectivity index (χ1) is 28.7. The number of sulfonamides is 1. The number of benzene rings is 2. The third-order valence-corrected chi connectivity index (χ3v) is 13.9. The maximum absolute atomic E-state index is 15.0. The number of fused-ring (bicyclic) bond motifs is 3. The van der Waals surface area contributed by atoms with Crippen LogP contribution in [0.1, 0.15) is 74.7 Å². The number of unbranched alkanes of at least 4 members (excludes halogenated alkanes) is 2. The van der Waals surface area contributed by atoms with Gasteiger partial charge in [0.25, 0.3) is 0 Å². The molecule has 0 radical (unpaired) electrons. The number of aliphatic hydroxyl groups excluding tert-OH is 2. The molecule has 0 saturated heterocycles. The number of rotatable bonds is 19. The number of nitrogens with zero attached hydrogens (tertiary/aromatic N) is 4. The van der Waals surface area contributed by atoms with Gasteiger partial charge >= 0.3 is 0 Å². The molecule has 314 valence electrons. The van der Waals surface area contributed by atoms with Crippen LogP contribution in [0.3, 0.4) is 0 Å². The van der Waals surface area contributed by atoms with Crippen molar-refractivity contribution in [2.45, 2.75) is 88.0 Å². The smallest absolute Gasteiger partial charge is 0.245 e. The Morgan fingerprint density at radius 1 is 1.03 bits per heavy atom. The molecule has 0 spiro atoms. The molecule has 2 N–H and O–H groups in total. The molecule has 0 amide bonds. The van der Waals surface area contributed by atoms with Crippen LogP contribution in [0.2, 0.25) is 0 Å². The molecule has 4 aromatic rings. The monoisotopic (exact) mass is 824 g/mol. The van der Waals surface area contributed by atoms with E-state index < -0.39 is 27.8 Å². The molecular weight excluding hydrogens is 769 g/mol. The summed E-state index contributed by atoms with van der Waals surface area (Å²) < 4.78 is 52.1. The zero-order valence-electron chi connectivity index (χ0n) is 34.2. The summed E-state index contributed by atoms with van der Waals surface area (Å²) in [6.45, 7) is 8.66. The fourth-order valence-electron chi connectivity index (χ4n) is 9.38. The molecule has 7 rings (SSSR count). The van der Waals surface area contributed by atoms with E-state index in [1.54, 1.807) is 37.5 Å². The second kappa shape index (κ2) is 18.7. The Morgan fingerprint density at radius 3 is 2.58 bits per heavy atom. The van der Waals surface area contributed by atoms with Crippen molar-refractivity contribution in [1.29, 1.82) is 0 Å². The lowest BCUT2D eigenvalue weighted by Gasteiger charge is -2.59. The topological polar surface area (TPSA) is 153 Å². The number of oxime groups is 1. The molecule has 59 heavy (non-hydrogen) atoms. The summed E-state index contributed by atoms with van der Waals surface area (Å²) in [6, 6.07) is 19.5. The van der Waals surface area contributed by atoms with Crippen LogP contribution in [0.25, 0.3) is 10.9 Å². The Labute approximate surface area is 347 Å². The molecule has 12 nitrogen and oxygen atoms in total. The molecule has 2 aliphatic carbocycles. The van der Waals surface area contributed by atoms with Gasteiger partial charge in [-0.1, -0.05) is 54.4 Å². The van der Waals surface area contributed by atoms with Crippen molar-refractivity contribution in [1.82, 2.24) is 14.3 Å². The lowest BCUT2D eigenvalue weighted by Crippen LogP contribution is -2.69. The van der Waals surface area contributed by atoms with Gasteiger partial charge in [0.1, 0.15) is 29.6 Å². The van der Waals surface area contributed by atoms with E-state index in [-0.39, 0.29) is 55.5 Å². The Kier molecular flexibility index (Phi) is 13.5. The minimum Gasteiger partial charge on any atom is -0.487 e. The van der Waals surface area contributed by atoms with E-state index in [9.17, 15) is 10.2 Å². The molecule has 1 saturated carbocycles. The van der Waals surface area contributed by atoms with Crippen molar-refractivity contribution in [3.8, 4) is 11.5 Å². The molecule has 2 aromatic carbocycles. The third kappa shape index (κ3) is 8.54. The summed E-state index contributed by atoms with van der Waals surface area (Å²) in [5, 5.41) is 25.2. The van der Waals surface area contributed by atoms with Gasteiger partial charge in [0.2, 0.25) is 15.8 Å². The van der Waals surface area contributed by atoms with Gasteiger partial charge in [-0.3, -0.25) is 9.97 Å². The Balaban J connectivity index is 1.43. The summed E-state index contributed by atoms with van der Waals surface area (Å²) >= 11 is 0. The lowest BCUT2D eigenvalue weighted by molar-refractivity contribution is -0.250. The predicted octanol–water partition coefficient (Wildman–Crippen LogP) is 7.49. The number of ether oxygens (including phenoxy) is 3. The number of hydrogen-bond donors (Lipinski definition) is 2. The number of pyridine rings is 2. The van der Waals surface area contributed by atoms with E-state index in [0.717, 1.165) is 48.2 Å². The summed E-state index contributed by atoms with van der Waals surface area (Å²) in [7, 11) is -2.65. The van der Waals surface area contributed by atoms with E-state index in [4.69, 9.17) is 24.2 Å². The summed E-state index contributed by atoms with van der Waals surface area (Å²) in [5.41, 5.74) is 4.54. The van der Waals surface area contributed by atoms with E-state index in [1.807, 2.05) is 62.4 Å². The molecule has 6 atom stereocenters. The Morgan fingerprint density at radius 2 is 1.81 bits per heavy atom. The zero-order valence-corrected chi connectivity index (χ0v) is 35.0. The van der Waals surface area contributed by atoms with Crippen molar-refractivity contribution < 1.29 is 37.7 Å². The van der Waals surface area contributed by atoms with Crippen molar-refractivity contribution in [2.24, 2.45) is 22.9 Å². The number of aromatic nitrogens is 2. The van der Waals surface area contributed by atoms with E-state index >= 15 is 8.42 Å². The van der Waals surface area contributed by atoms with Gasteiger partial charge < -0.3 is 29.3 Å². The number of hydrogen-bond acceptors (Lipinski definition) is 11. The van der Waals surface area contributed by atoms with Crippen LogP contribution in [0.4, 0.5) is 0 Å². The van der Waals surface area contributed by atoms with Gasteiger partial charge in [0, 0.05) is 55.4 Å². The molecule has 3 aliphatic rings. The highest BCUT2D eigenvalue weighted by molar-refractivity contribution is 7.89.